The van der Waals surface area contributed by atoms with Gasteiger partial charge in [0.05, 0.1) is 0 Å². The first-order chi connectivity index (χ1) is 7.99. The molecule has 0 aliphatic rings. The summed E-state index contributed by atoms with van der Waals surface area (Å²) >= 11 is 0. The minimum atomic E-state index is -1.76. The molecule has 0 fully saturated rings. The van der Waals surface area contributed by atoms with Crippen molar-refractivity contribution in [1.29, 1.82) is 0 Å². The van der Waals surface area contributed by atoms with E-state index in [4.69, 9.17) is 9.16 Å². The molecule has 0 aliphatic carbocycles. The van der Waals surface area contributed by atoms with Gasteiger partial charge in [-0.15, -0.1) is 0 Å². The van der Waals surface area contributed by atoms with Crippen molar-refractivity contribution in [3.63, 3.8) is 0 Å². The summed E-state index contributed by atoms with van der Waals surface area (Å²) in [6.07, 6.45) is 2.12. The van der Waals surface area contributed by atoms with E-state index in [-0.39, 0.29) is 23.2 Å². The van der Waals surface area contributed by atoms with E-state index in [0.29, 0.717) is 6.42 Å². The number of carbonyl (C=O) groups is 1. The van der Waals surface area contributed by atoms with Gasteiger partial charge in [0.15, 0.2) is 8.32 Å². The first-order valence-electron chi connectivity index (χ1n) is 6.47. The molecule has 0 spiro atoms. The van der Waals surface area contributed by atoms with E-state index in [9.17, 15) is 4.79 Å². The fourth-order valence-corrected chi connectivity index (χ4v) is 2.92. The highest BCUT2D eigenvalue weighted by Gasteiger charge is 2.38. The molecular formula is C14H28O3Si. The molecule has 0 N–H and O–H groups in total. The molecule has 2 atom stereocenters. The van der Waals surface area contributed by atoms with E-state index in [1.165, 1.54) is 6.92 Å². The second kappa shape index (κ2) is 6.52. The number of hydrogen-bond acceptors (Lipinski definition) is 3. The Balaban J connectivity index is 4.45. The summed E-state index contributed by atoms with van der Waals surface area (Å²) in [5, 5.41) is 0.187. The van der Waals surface area contributed by atoms with E-state index in [1.807, 2.05) is 6.92 Å². The third kappa shape index (κ3) is 5.82. The van der Waals surface area contributed by atoms with Crippen LogP contribution in [0.1, 0.15) is 41.0 Å². The van der Waals surface area contributed by atoms with Gasteiger partial charge in [-0.1, -0.05) is 33.4 Å². The Bertz CT molecular complexity index is 292. The third-order valence-electron chi connectivity index (χ3n) is 3.45. The van der Waals surface area contributed by atoms with Crippen LogP contribution in [0.2, 0.25) is 18.1 Å². The van der Waals surface area contributed by atoms with Crippen molar-refractivity contribution in [2.24, 2.45) is 0 Å². The quantitative estimate of drug-likeness (QED) is 0.418. The molecule has 0 aliphatic heterocycles. The van der Waals surface area contributed by atoms with Crippen LogP contribution in [0.3, 0.4) is 0 Å². The van der Waals surface area contributed by atoms with E-state index in [1.54, 1.807) is 6.08 Å². The summed E-state index contributed by atoms with van der Waals surface area (Å²) in [5.74, 6) is -0.278. The second-order valence-electron chi connectivity index (χ2n) is 6.31. The highest BCUT2D eigenvalue weighted by Crippen LogP contribution is 2.37. The molecule has 3 nitrogen and oxygen atoms in total. The molecule has 0 amide bonds. The molecule has 0 bridgehead atoms. The molecule has 0 aromatic rings. The molecule has 0 aromatic carbocycles. The number of ether oxygens (including phenoxy) is 1. The summed E-state index contributed by atoms with van der Waals surface area (Å²) in [6.45, 7) is 18.2. The molecule has 0 aromatic heterocycles. The van der Waals surface area contributed by atoms with Gasteiger partial charge in [-0.3, -0.25) is 4.79 Å². The lowest BCUT2D eigenvalue weighted by atomic mass is 10.2. The monoisotopic (exact) mass is 272 g/mol. The van der Waals surface area contributed by atoms with Crippen LogP contribution >= 0.6 is 0 Å². The molecule has 0 rings (SSSR count). The van der Waals surface area contributed by atoms with Crippen molar-refractivity contribution in [2.75, 3.05) is 0 Å². The van der Waals surface area contributed by atoms with Crippen LogP contribution in [0.4, 0.5) is 0 Å². The van der Waals surface area contributed by atoms with Gasteiger partial charge in [0.2, 0.25) is 0 Å². The summed E-state index contributed by atoms with van der Waals surface area (Å²) < 4.78 is 11.4. The largest absolute Gasteiger partial charge is 0.458 e. The van der Waals surface area contributed by atoms with Crippen LogP contribution in [-0.4, -0.2) is 26.5 Å². The fraction of sp³-hybridized carbons (Fsp3) is 0.786. The van der Waals surface area contributed by atoms with E-state index in [0.717, 1.165) is 0 Å². The minimum Gasteiger partial charge on any atom is -0.458 e. The average Bonchev–Trinajstić information content (AvgIpc) is 2.12. The molecule has 0 radical (unpaired) electrons. The maximum absolute atomic E-state index is 10.9. The Labute approximate surface area is 113 Å². The van der Waals surface area contributed by atoms with Gasteiger partial charge in [-0.2, -0.15) is 0 Å². The molecular weight excluding hydrogens is 244 g/mol. The maximum atomic E-state index is 10.9. The SMILES string of the molecule is C=C[C@H](C[C@@H](C)O[Si](C)(C)C(C)(C)C)OC(C)=O. The zero-order valence-electron chi connectivity index (χ0n) is 12.9. The van der Waals surface area contributed by atoms with Crippen molar-refractivity contribution >= 4 is 14.3 Å². The van der Waals surface area contributed by atoms with Crippen LogP contribution in [-0.2, 0) is 14.0 Å². The van der Waals surface area contributed by atoms with Crippen LogP contribution in [0.15, 0.2) is 12.7 Å². The van der Waals surface area contributed by atoms with E-state index < -0.39 is 8.32 Å². The van der Waals surface area contributed by atoms with Gasteiger partial charge in [-0.25, -0.2) is 0 Å². The van der Waals surface area contributed by atoms with Gasteiger partial charge in [0, 0.05) is 19.4 Å². The lowest BCUT2D eigenvalue weighted by Gasteiger charge is -2.38. The molecule has 18 heavy (non-hydrogen) atoms. The van der Waals surface area contributed by atoms with Crippen LogP contribution in [0.5, 0.6) is 0 Å². The molecule has 0 saturated carbocycles. The Morgan fingerprint density at radius 3 is 2.22 bits per heavy atom. The highest BCUT2D eigenvalue weighted by molar-refractivity contribution is 6.74. The zero-order chi connectivity index (χ0) is 14.6. The van der Waals surface area contributed by atoms with Gasteiger partial charge in [-0.05, 0) is 25.1 Å². The van der Waals surface area contributed by atoms with E-state index in [2.05, 4.69) is 40.4 Å². The average molecular weight is 272 g/mol. The van der Waals surface area contributed by atoms with Crippen LogP contribution < -0.4 is 0 Å². The zero-order valence-corrected chi connectivity index (χ0v) is 13.9. The third-order valence-corrected chi connectivity index (χ3v) is 8.05. The first-order valence-corrected chi connectivity index (χ1v) is 9.38. The Morgan fingerprint density at radius 1 is 1.39 bits per heavy atom. The molecule has 4 heteroatoms. The molecule has 0 unspecified atom stereocenters. The lowest BCUT2D eigenvalue weighted by Crippen LogP contribution is -2.44. The summed E-state index contributed by atoms with van der Waals surface area (Å²) in [5.41, 5.74) is 0. The van der Waals surface area contributed by atoms with Crippen molar-refractivity contribution in [2.45, 2.75) is 71.4 Å². The highest BCUT2D eigenvalue weighted by atomic mass is 28.4. The standard InChI is InChI=1S/C14H28O3Si/c1-9-13(16-12(3)15)10-11(2)17-18(7,8)14(4,5)6/h9,11,13H,1,10H2,2-8H3/t11-,13-/m1/s1. The topological polar surface area (TPSA) is 35.5 Å². The van der Waals surface area contributed by atoms with Crippen LogP contribution in [0, 0.1) is 0 Å². The van der Waals surface area contributed by atoms with Crippen molar-refractivity contribution < 1.29 is 14.0 Å². The molecule has 0 heterocycles. The predicted molar refractivity (Wildman–Crippen MR) is 78.1 cm³/mol. The van der Waals surface area contributed by atoms with Gasteiger partial charge in [0.1, 0.15) is 6.10 Å². The van der Waals surface area contributed by atoms with E-state index >= 15 is 0 Å². The maximum Gasteiger partial charge on any atom is 0.303 e. The van der Waals surface area contributed by atoms with Crippen molar-refractivity contribution in [3.05, 3.63) is 12.7 Å². The second-order valence-corrected chi connectivity index (χ2v) is 11.1. The summed E-state index contributed by atoms with van der Waals surface area (Å²) in [7, 11) is -1.76. The summed E-state index contributed by atoms with van der Waals surface area (Å²) in [6, 6.07) is 0. The first kappa shape index (κ1) is 17.4. The van der Waals surface area contributed by atoms with Gasteiger partial charge < -0.3 is 9.16 Å². The lowest BCUT2D eigenvalue weighted by molar-refractivity contribution is -0.145. The van der Waals surface area contributed by atoms with Crippen LogP contribution in [0.25, 0.3) is 0 Å². The smallest absolute Gasteiger partial charge is 0.303 e. The fourth-order valence-electron chi connectivity index (χ4n) is 1.46. The van der Waals surface area contributed by atoms with Gasteiger partial charge >= 0.3 is 5.97 Å². The summed E-state index contributed by atoms with van der Waals surface area (Å²) in [4.78, 5) is 10.9. The molecule has 106 valence electrons. The number of hydrogen-bond donors (Lipinski definition) is 0. The number of rotatable bonds is 6. The Morgan fingerprint density at radius 2 is 1.89 bits per heavy atom. The normalized spacial score (nSPS) is 15.9. The van der Waals surface area contributed by atoms with Crippen molar-refractivity contribution in [1.82, 2.24) is 0 Å². The Hall–Kier alpha value is -0.613. The number of carbonyl (C=O) groups excluding carboxylic acids is 1. The van der Waals surface area contributed by atoms with Gasteiger partial charge in [0.25, 0.3) is 0 Å². The van der Waals surface area contributed by atoms with Crippen molar-refractivity contribution in [3.8, 4) is 0 Å². The molecule has 0 saturated heterocycles. The predicted octanol–water partition coefficient (Wildman–Crippen LogP) is 3.90. The minimum absolute atomic E-state index is 0.0632. The number of esters is 1. The Kier molecular flexibility index (Phi) is 6.30.